The Hall–Kier alpha value is -1.29. The van der Waals surface area contributed by atoms with Crippen LogP contribution in [0.3, 0.4) is 0 Å². The van der Waals surface area contributed by atoms with Crippen LogP contribution in [0.5, 0.6) is 0 Å². The van der Waals surface area contributed by atoms with E-state index in [0.29, 0.717) is 0 Å². The Labute approximate surface area is 73.5 Å². The molecule has 0 radical (unpaired) electrons. The van der Waals surface area contributed by atoms with Crippen molar-refractivity contribution in [3.63, 3.8) is 0 Å². The molecular formula is C11H13F. The monoisotopic (exact) mass is 164 g/mol. The lowest BCUT2D eigenvalue weighted by Crippen LogP contribution is -1.72. The lowest BCUT2D eigenvalue weighted by molar-refractivity contribution is 0.667. The van der Waals surface area contributed by atoms with E-state index in [2.05, 4.69) is 5.92 Å². The Balaban J connectivity index is 4.26. The Morgan fingerprint density at radius 2 is 2.17 bits per heavy atom. The van der Waals surface area contributed by atoms with Crippen LogP contribution in [0.2, 0.25) is 0 Å². The van der Waals surface area contributed by atoms with Gasteiger partial charge in [0.15, 0.2) is 0 Å². The molecule has 0 aliphatic carbocycles. The summed E-state index contributed by atoms with van der Waals surface area (Å²) in [5.74, 6) is 1.74. The Morgan fingerprint density at radius 1 is 1.50 bits per heavy atom. The van der Waals surface area contributed by atoms with E-state index in [9.17, 15) is 4.39 Å². The van der Waals surface area contributed by atoms with Gasteiger partial charge in [0.2, 0.25) is 0 Å². The van der Waals surface area contributed by atoms with E-state index in [1.165, 1.54) is 6.08 Å². The van der Waals surface area contributed by atoms with E-state index in [1.807, 2.05) is 19.9 Å². The van der Waals surface area contributed by atoms with Gasteiger partial charge in [-0.2, -0.15) is 0 Å². The van der Waals surface area contributed by atoms with Gasteiger partial charge < -0.3 is 0 Å². The minimum atomic E-state index is -0.384. The standard InChI is InChI=1S/C11H13F/c1-4-7-11(12)9-8-10(5-2)6-3/h1,5,7-9H,6H2,2-3H3/b9-8-,10-5-,11-7-. The highest BCUT2D eigenvalue weighted by atomic mass is 19.1. The molecule has 0 heterocycles. The molecule has 0 N–H and O–H groups in total. The predicted molar refractivity (Wildman–Crippen MR) is 51.2 cm³/mol. The van der Waals surface area contributed by atoms with Crippen LogP contribution in [0.1, 0.15) is 20.3 Å². The minimum absolute atomic E-state index is 0.384. The van der Waals surface area contributed by atoms with Crippen LogP contribution in [-0.2, 0) is 0 Å². The fourth-order valence-corrected chi connectivity index (χ4v) is 0.733. The third-order valence-electron chi connectivity index (χ3n) is 1.46. The number of rotatable bonds is 3. The van der Waals surface area contributed by atoms with E-state index in [-0.39, 0.29) is 5.83 Å². The molecule has 0 unspecified atom stereocenters. The molecule has 0 aromatic carbocycles. The second kappa shape index (κ2) is 6.42. The summed E-state index contributed by atoms with van der Waals surface area (Å²) in [7, 11) is 0. The summed E-state index contributed by atoms with van der Waals surface area (Å²) in [5, 5.41) is 0. The number of allylic oxidation sites excluding steroid dienone is 6. The summed E-state index contributed by atoms with van der Waals surface area (Å²) in [5.41, 5.74) is 1.09. The molecule has 0 nitrogen and oxygen atoms in total. The van der Waals surface area contributed by atoms with Crippen molar-refractivity contribution in [3.8, 4) is 12.3 Å². The zero-order chi connectivity index (χ0) is 9.40. The molecule has 0 spiro atoms. The van der Waals surface area contributed by atoms with Gasteiger partial charge in [0.25, 0.3) is 0 Å². The summed E-state index contributed by atoms with van der Waals surface area (Å²) < 4.78 is 12.6. The van der Waals surface area contributed by atoms with E-state index in [0.717, 1.165) is 18.1 Å². The lowest BCUT2D eigenvalue weighted by atomic mass is 10.2. The SMILES string of the molecule is C#C/C=C(F)/C=C\C(=C/C)CC. The van der Waals surface area contributed by atoms with E-state index < -0.39 is 0 Å². The molecule has 0 amide bonds. The quantitative estimate of drug-likeness (QED) is 0.443. The highest BCUT2D eigenvalue weighted by Crippen LogP contribution is 2.05. The normalized spacial score (nSPS) is 13.5. The first kappa shape index (κ1) is 10.7. The molecule has 64 valence electrons. The molecule has 0 bridgehead atoms. The molecule has 1 heteroatoms. The van der Waals surface area contributed by atoms with Crippen LogP contribution < -0.4 is 0 Å². The van der Waals surface area contributed by atoms with Gasteiger partial charge >= 0.3 is 0 Å². The summed E-state index contributed by atoms with van der Waals surface area (Å²) in [4.78, 5) is 0. The first-order valence-electron chi connectivity index (χ1n) is 3.89. The largest absolute Gasteiger partial charge is 0.206 e. The summed E-state index contributed by atoms with van der Waals surface area (Å²) in [6.07, 6.45) is 11.9. The second-order valence-corrected chi connectivity index (χ2v) is 2.25. The molecule has 0 aliphatic rings. The van der Waals surface area contributed by atoms with E-state index in [4.69, 9.17) is 6.42 Å². The third-order valence-corrected chi connectivity index (χ3v) is 1.46. The van der Waals surface area contributed by atoms with Crippen LogP contribution in [0.25, 0.3) is 0 Å². The van der Waals surface area contributed by atoms with Crippen molar-refractivity contribution in [3.05, 3.63) is 35.7 Å². The van der Waals surface area contributed by atoms with E-state index in [1.54, 1.807) is 6.08 Å². The van der Waals surface area contributed by atoms with Crippen molar-refractivity contribution < 1.29 is 4.39 Å². The average molecular weight is 164 g/mol. The second-order valence-electron chi connectivity index (χ2n) is 2.25. The predicted octanol–water partition coefficient (Wildman–Crippen LogP) is 3.39. The molecule has 0 saturated heterocycles. The number of hydrogen-bond acceptors (Lipinski definition) is 0. The molecule has 0 fully saturated rings. The molecular weight excluding hydrogens is 151 g/mol. The van der Waals surface area contributed by atoms with Gasteiger partial charge in [-0.05, 0) is 19.4 Å². The third kappa shape index (κ3) is 4.51. The highest BCUT2D eigenvalue weighted by molar-refractivity contribution is 5.27. The van der Waals surface area contributed by atoms with Crippen molar-refractivity contribution in [1.29, 1.82) is 0 Å². The fourth-order valence-electron chi connectivity index (χ4n) is 0.733. The summed E-state index contributed by atoms with van der Waals surface area (Å²) in [6.45, 7) is 3.94. The van der Waals surface area contributed by atoms with Gasteiger partial charge in [0, 0.05) is 6.08 Å². The number of hydrogen-bond donors (Lipinski definition) is 0. The van der Waals surface area contributed by atoms with Crippen LogP contribution >= 0.6 is 0 Å². The van der Waals surface area contributed by atoms with Gasteiger partial charge in [-0.3, -0.25) is 0 Å². The van der Waals surface area contributed by atoms with Crippen LogP contribution in [-0.4, -0.2) is 0 Å². The Kier molecular flexibility index (Phi) is 5.73. The number of halogens is 1. The molecule has 0 aliphatic heterocycles. The molecule has 12 heavy (non-hydrogen) atoms. The van der Waals surface area contributed by atoms with Gasteiger partial charge in [-0.1, -0.05) is 30.6 Å². The fraction of sp³-hybridized carbons (Fsp3) is 0.273. The highest BCUT2D eigenvalue weighted by Gasteiger charge is 1.87. The van der Waals surface area contributed by atoms with Crippen LogP contribution in [0.15, 0.2) is 35.7 Å². The molecule has 0 saturated carbocycles. The van der Waals surface area contributed by atoms with Gasteiger partial charge in [0.1, 0.15) is 5.83 Å². The molecule has 0 atom stereocenters. The van der Waals surface area contributed by atoms with Gasteiger partial charge in [-0.25, -0.2) is 4.39 Å². The summed E-state index contributed by atoms with van der Waals surface area (Å²) in [6, 6.07) is 0. The average Bonchev–Trinajstić information content (AvgIpc) is 2.07. The first-order chi connectivity index (χ1) is 5.74. The smallest absolute Gasteiger partial charge is 0.131 e. The van der Waals surface area contributed by atoms with Crippen LogP contribution in [0, 0.1) is 12.3 Å². The van der Waals surface area contributed by atoms with Crippen molar-refractivity contribution in [2.75, 3.05) is 0 Å². The van der Waals surface area contributed by atoms with Gasteiger partial charge in [-0.15, -0.1) is 6.42 Å². The maximum atomic E-state index is 12.6. The number of terminal acetylenes is 1. The first-order valence-corrected chi connectivity index (χ1v) is 3.89. The van der Waals surface area contributed by atoms with Crippen molar-refractivity contribution in [2.24, 2.45) is 0 Å². The van der Waals surface area contributed by atoms with Crippen molar-refractivity contribution in [2.45, 2.75) is 20.3 Å². The van der Waals surface area contributed by atoms with Crippen molar-refractivity contribution >= 4 is 0 Å². The molecule has 0 aromatic heterocycles. The van der Waals surface area contributed by atoms with Gasteiger partial charge in [0.05, 0.1) is 0 Å². The van der Waals surface area contributed by atoms with E-state index >= 15 is 0 Å². The Bertz CT molecular complexity index is 249. The Morgan fingerprint density at radius 3 is 2.58 bits per heavy atom. The summed E-state index contributed by atoms with van der Waals surface area (Å²) >= 11 is 0. The van der Waals surface area contributed by atoms with Crippen molar-refractivity contribution in [1.82, 2.24) is 0 Å². The zero-order valence-corrected chi connectivity index (χ0v) is 7.47. The maximum absolute atomic E-state index is 12.6. The minimum Gasteiger partial charge on any atom is -0.206 e. The lowest BCUT2D eigenvalue weighted by Gasteiger charge is -1.92. The zero-order valence-electron chi connectivity index (χ0n) is 7.47. The molecule has 0 aromatic rings. The van der Waals surface area contributed by atoms with Crippen LogP contribution in [0.4, 0.5) is 4.39 Å². The topological polar surface area (TPSA) is 0 Å². The maximum Gasteiger partial charge on any atom is 0.131 e. The molecule has 0 rings (SSSR count).